The van der Waals surface area contributed by atoms with Crippen molar-refractivity contribution in [1.82, 2.24) is 0 Å². The Morgan fingerprint density at radius 2 is 1.59 bits per heavy atom. The second kappa shape index (κ2) is 7.55. The standard InChI is InChI=1S/C23H18ClNOS/c1-16-9-5-7-13-19(16)25(15-17-10-3-2-4-11-17)23(26)22-21(24)18-12-6-8-14-20(18)27-22/h2-14H,15H2,1H3. The molecule has 1 amide bonds. The summed E-state index contributed by atoms with van der Waals surface area (Å²) in [5, 5.41) is 1.46. The van der Waals surface area contributed by atoms with Gasteiger partial charge in [0.15, 0.2) is 0 Å². The molecule has 0 saturated heterocycles. The third-order valence-electron chi connectivity index (χ3n) is 4.56. The molecule has 0 atom stereocenters. The van der Waals surface area contributed by atoms with Gasteiger partial charge in [0.05, 0.1) is 11.6 Å². The van der Waals surface area contributed by atoms with Crippen molar-refractivity contribution in [2.24, 2.45) is 0 Å². The van der Waals surface area contributed by atoms with Crippen LogP contribution in [0.4, 0.5) is 5.69 Å². The lowest BCUT2D eigenvalue weighted by molar-refractivity contribution is 0.0989. The van der Waals surface area contributed by atoms with Crippen LogP contribution in [0.1, 0.15) is 20.8 Å². The number of rotatable bonds is 4. The van der Waals surface area contributed by atoms with E-state index in [0.717, 1.165) is 26.9 Å². The molecule has 0 aliphatic rings. The van der Waals surface area contributed by atoms with Gasteiger partial charge < -0.3 is 4.90 Å². The first kappa shape index (κ1) is 17.8. The fourth-order valence-corrected chi connectivity index (χ4v) is 4.63. The molecule has 0 saturated carbocycles. The molecule has 4 rings (SSSR count). The lowest BCUT2D eigenvalue weighted by Gasteiger charge is -2.24. The molecule has 0 unspecified atom stereocenters. The summed E-state index contributed by atoms with van der Waals surface area (Å²) in [6, 6.07) is 25.8. The molecule has 0 fully saturated rings. The second-order valence-corrected chi connectivity index (χ2v) is 7.83. The Morgan fingerprint density at radius 3 is 2.33 bits per heavy atom. The summed E-state index contributed by atoms with van der Waals surface area (Å²) in [4.78, 5) is 15.9. The minimum absolute atomic E-state index is 0.0700. The fraction of sp³-hybridized carbons (Fsp3) is 0.0870. The van der Waals surface area contributed by atoms with Crippen LogP contribution >= 0.6 is 22.9 Å². The van der Waals surface area contributed by atoms with Crippen molar-refractivity contribution >= 4 is 44.6 Å². The summed E-state index contributed by atoms with van der Waals surface area (Å²) < 4.78 is 1.02. The molecule has 134 valence electrons. The summed E-state index contributed by atoms with van der Waals surface area (Å²) in [6.45, 7) is 2.52. The van der Waals surface area contributed by atoms with E-state index in [2.05, 4.69) is 0 Å². The summed E-state index contributed by atoms with van der Waals surface area (Å²) in [5.74, 6) is -0.0700. The van der Waals surface area contributed by atoms with Crippen LogP contribution in [-0.4, -0.2) is 5.91 Å². The number of anilines is 1. The van der Waals surface area contributed by atoms with E-state index in [-0.39, 0.29) is 5.91 Å². The lowest BCUT2D eigenvalue weighted by Crippen LogP contribution is -2.30. The van der Waals surface area contributed by atoms with Gasteiger partial charge in [-0.2, -0.15) is 0 Å². The molecular formula is C23H18ClNOS. The molecule has 0 bridgehead atoms. The van der Waals surface area contributed by atoms with E-state index in [1.807, 2.05) is 90.7 Å². The summed E-state index contributed by atoms with van der Waals surface area (Å²) in [6.07, 6.45) is 0. The lowest BCUT2D eigenvalue weighted by atomic mass is 10.1. The molecule has 3 aromatic carbocycles. The van der Waals surface area contributed by atoms with Gasteiger partial charge in [0.1, 0.15) is 4.88 Å². The third-order valence-corrected chi connectivity index (χ3v) is 6.23. The first-order valence-electron chi connectivity index (χ1n) is 8.73. The maximum atomic E-state index is 13.5. The summed E-state index contributed by atoms with van der Waals surface area (Å²) in [5.41, 5.74) is 3.03. The van der Waals surface area contributed by atoms with E-state index in [9.17, 15) is 4.79 Å². The number of hydrogen-bond donors (Lipinski definition) is 0. The second-order valence-electron chi connectivity index (χ2n) is 6.40. The van der Waals surface area contributed by atoms with E-state index in [1.54, 1.807) is 0 Å². The Hall–Kier alpha value is -2.62. The van der Waals surface area contributed by atoms with Crippen LogP contribution in [-0.2, 0) is 6.54 Å². The third kappa shape index (κ3) is 3.48. The zero-order chi connectivity index (χ0) is 18.8. The molecule has 4 aromatic rings. The largest absolute Gasteiger partial charge is 0.303 e. The molecule has 4 heteroatoms. The maximum absolute atomic E-state index is 13.5. The molecule has 0 radical (unpaired) electrons. The smallest absolute Gasteiger partial charge is 0.270 e. The Labute approximate surface area is 167 Å². The zero-order valence-electron chi connectivity index (χ0n) is 14.9. The van der Waals surface area contributed by atoms with Crippen LogP contribution in [0.25, 0.3) is 10.1 Å². The molecular weight excluding hydrogens is 374 g/mol. The van der Waals surface area contributed by atoms with Crippen molar-refractivity contribution in [3.8, 4) is 0 Å². The highest BCUT2D eigenvalue weighted by atomic mass is 35.5. The minimum atomic E-state index is -0.0700. The van der Waals surface area contributed by atoms with Crippen molar-refractivity contribution < 1.29 is 4.79 Å². The highest BCUT2D eigenvalue weighted by Gasteiger charge is 2.24. The Morgan fingerprint density at radius 1 is 0.926 bits per heavy atom. The average Bonchev–Trinajstić information content (AvgIpc) is 3.04. The van der Waals surface area contributed by atoms with Gasteiger partial charge in [-0.05, 0) is 30.2 Å². The number of aryl methyl sites for hydroxylation is 1. The van der Waals surface area contributed by atoms with E-state index >= 15 is 0 Å². The van der Waals surface area contributed by atoms with E-state index in [1.165, 1.54) is 11.3 Å². The zero-order valence-corrected chi connectivity index (χ0v) is 16.4. The van der Waals surface area contributed by atoms with Crippen molar-refractivity contribution in [2.45, 2.75) is 13.5 Å². The molecule has 1 heterocycles. The van der Waals surface area contributed by atoms with Gasteiger partial charge in [-0.15, -0.1) is 11.3 Å². The molecule has 2 nitrogen and oxygen atoms in total. The van der Waals surface area contributed by atoms with Gasteiger partial charge in [-0.3, -0.25) is 4.79 Å². The van der Waals surface area contributed by atoms with E-state index in [4.69, 9.17) is 11.6 Å². The topological polar surface area (TPSA) is 20.3 Å². The molecule has 27 heavy (non-hydrogen) atoms. The van der Waals surface area contributed by atoms with E-state index in [0.29, 0.717) is 16.4 Å². The van der Waals surface area contributed by atoms with Crippen molar-refractivity contribution in [1.29, 1.82) is 0 Å². The number of carbonyl (C=O) groups is 1. The van der Waals surface area contributed by atoms with Gasteiger partial charge in [-0.1, -0.05) is 78.3 Å². The highest BCUT2D eigenvalue weighted by molar-refractivity contribution is 7.21. The molecule has 0 aliphatic carbocycles. The maximum Gasteiger partial charge on any atom is 0.270 e. The SMILES string of the molecule is Cc1ccccc1N(Cc1ccccc1)C(=O)c1sc2ccccc2c1Cl. The Kier molecular flexibility index (Phi) is 4.97. The highest BCUT2D eigenvalue weighted by Crippen LogP contribution is 2.37. The van der Waals surface area contributed by atoms with Crippen LogP contribution in [0, 0.1) is 6.92 Å². The predicted octanol–water partition coefficient (Wildman–Crippen LogP) is 6.71. The Bertz CT molecular complexity index is 1100. The number of fused-ring (bicyclic) bond motifs is 1. The number of carbonyl (C=O) groups excluding carboxylic acids is 1. The number of nitrogens with zero attached hydrogens (tertiary/aromatic N) is 1. The molecule has 0 spiro atoms. The predicted molar refractivity (Wildman–Crippen MR) is 115 cm³/mol. The van der Waals surface area contributed by atoms with Crippen LogP contribution in [0.15, 0.2) is 78.9 Å². The van der Waals surface area contributed by atoms with Crippen LogP contribution in [0.5, 0.6) is 0 Å². The van der Waals surface area contributed by atoms with Crippen molar-refractivity contribution in [2.75, 3.05) is 4.90 Å². The Balaban J connectivity index is 1.80. The van der Waals surface area contributed by atoms with Gasteiger partial charge in [-0.25, -0.2) is 0 Å². The van der Waals surface area contributed by atoms with Gasteiger partial charge in [0.2, 0.25) is 0 Å². The monoisotopic (exact) mass is 391 g/mol. The van der Waals surface area contributed by atoms with Crippen molar-refractivity contribution in [3.05, 3.63) is 99.9 Å². The molecule has 1 aromatic heterocycles. The normalized spacial score (nSPS) is 10.9. The van der Waals surface area contributed by atoms with Gasteiger partial charge in [0, 0.05) is 15.8 Å². The fourth-order valence-electron chi connectivity index (χ4n) is 3.17. The minimum Gasteiger partial charge on any atom is -0.303 e. The number of hydrogen-bond acceptors (Lipinski definition) is 2. The number of benzene rings is 3. The first-order chi connectivity index (χ1) is 13.1. The molecule has 0 aliphatic heterocycles. The number of amides is 1. The van der Waals surface area contributed by atoms with Crippen LogP contribution in [0.3, 0.4) is 0 Å². The quantitative estimate of drug-likeness (QED) is 0.378. The number of para-hydroxylation sites is 1. The molecule has 0 N–H and O–H groups in total. The number of thiophene rings is 1. The summed E-state index contributed by atoms with van der Waals surface area (Å²) in [7, 11) is 0. The summed E-state index contributed by atoms with van der Waals surface area (Å²) >= 11 is 8.04. The van der Waals surface area contributed by atoms with Crippen molar-refractivity contribution in [3.63, 3.8) is 0 Å². The first-order valence-corrected chi connectivity index (χ1v) is 9.93. The average molecular weight is 392 g/mol. The van der Waals surface area contributed by atoms with E-state index < -0.39 is 0 Å². The van der Waals surface area contributed by atoms with Gasteiger partial charge in [0.25, 0.3) is 5.91 Å². The van der Waals surface area contributed by atoms with Crippen LogP contribution in [0.2, 0.25) is 5.02 Å². The van der Waals surface area contributed by atoms with Gasteiger partial charge >= 0.3 is 0 Å². The van der Waals surface area contributed by atoms with Crippen LogP contribution < -0.4 is 4.90 Å². The number of halogens is 1.